The van der Waals surface area contributed by atoms with E-state index >= 15 is 0 Å². The molecule has 0 spiro atoms. The van der Waals surface area contributed by atoms with Crippen molar-refractivity contribution in [2.75, 3.05) is 43.9 Å². The van der Waals surface area contributed by atoms with Gasteiger partial charge in [-0.3, -0.25) is 0 Å². The molecule has 2 rings (SSSR count). The van der Waals surface area contributed by atoms with Crippen LogP contribution < -0.4 is 10.6 Å². The van der Waals surface area contributed by atoms with Crippen LogP contribution in [0.15, 0.2) is 6.07 Å². The molecule has 1 fully saturated rings. The van der Waals surface area contributed by atoms with Crippen molar-refractivity contribution >= 4 is 11.6 Å². The molecule has 0 atom stereocenters. The Labute approximate surface area is 115 Å². The minimum Gasteiger partial charge on any atom is -0.373 e. The van der Waals surface area contributed by atoms with E-state index in [1.165, 1.54) is 32.4 Å². The maximum atomic E-state index is 4.50. The number of aromatic nitrogens is 2. The molecule has 0 unspecified atom stereocenters. The Bertz CT molecular complexity index is 365. The average Bonchev–Trinajstić information content (AvgIpc) is 2.48. The summed E-state index contributed by atoms with van der Waals surface area (Å²) in [6.45, 7) is 6.61. The highest BCUT2D eigenvalue weighted by Gasteiger charge is 2.09. The predicted molar refractivity (Wildman–Crippen MR) is 79.7 cm³/mol. The van der Waals surface area contributed by atoms with E-state index in [9.17, 15) is 0 Å². The normalized spacial score (nSPS) is 16.3. The Morgan fingerprint density at radius 3 is 2.58 bits per heavy atom. The summed E-state index contributed by atoms with van der Waals surface area (Å²) in [6, 6.07) is 1.97. The summed E-state index contributed by atoms with van der Waals surface area (Å²) >= 11 is 0. The van der Waals surface area contributed by atoms with Gasteiger partial charge in [-0.05, 0) is 25.9 Å². The van der Waals surface area contributed by atoms with Crippen LogP contribution >= 0.6 is 0 Å². The highest BCUT2D eigenvalue weighted by molar-refractivity contribution is 5.47. The molecular formula is C14H25N5. The first-order chi connectivity index (χ1) is 9.31. The van der Waals surface area contributed by atoms with Gasteiger partial charge in [0, 0.05) is 32.6 Å². The quantitative estimate of drug-likeness (QED) is 0.822. The zero-order valence-corrected chi connectivity index (χ0v) is 12.1. The molecule has 2 heterocycles. The maximum Gasteiger partial charge on any atom is 0.132 e. The van der Waals surface area contributed by atoms with Crippen LogP contribution in [-0.2, 0) is 6.42 Å². The van der Waals surface area contributed by atoms with Crippen LogP contribution in [0.4, 0.5) is 11.6 Å². The minimum atomic E-state index is 0.857. The van der Waals surface area contributed by atoms with Gasteiger partial charge in [0.25, 0.3) is 0 Å². The van der Waals surface area contributed by atoms with Crippen molar-refractivity contribution in [3.05, 3.63) is 11.9 Å². The van der Waals surface area contributed by atoms with Crippen LogP contribution in [0.3, 0.4) is 0 Å². The van der Waals surface area contributed by atoms with Crippen molar-refractivity contribution in [2.45, 2.75) is 32.6 Å². The van der Waals surface area contributed by atoms with E-state index in [0.717, 1.165) is 37.0 Å². The van der Waals surface area contributed by atoms with E-state index in [2.05, 4.69) is 32.4 Å². The van der Waals surface area contributed by atoms with Gasteiger partial charge < -0.3 is 15.5 Å². The molecule has 19 heavy (non-hydrogen) atoms. The molecule has 106 valence electrons. The smallest absolute Gasteiger partial charge is 0.132 e. The molecule has 1 aromatic rings. The van der Waals surface area contributed by atoms with Crippen LogP contribution in [-0.4, -0.2) is 48.1 Å². The lowest BCUT2D eigenvalue weighted by molar-refractivity contribution is 0.237. The van der Waals surface area contributed by atoms with E-state index in [-0.39, 0.29) is 0 Å². The monoisotopic (exact) mass is 263 g/mol. The number of nitrogens with one attached hydrogen (secondary N) is 2. The molecule has 0 aliphatic carbocycles. The molecule has 1 saturated heterocycles. The van der Waals surface area contributed by atoms with E-state index in [1.54, 1.807) is 0 Å². The van der Waals surface area contributed by atoms with Gasteiger partial charge in [-0.25, -0.2) is 9.97 Å². The molecule has 5 heteroatoms. The summed E-state index contributed by atoms with van der Waals surface area (Å²) < 4.78 is 0. The molecule has 0 amide bonds. The molecule has 0 radical (unpaired) electrons. The maximum absolute atomic E-state index is 4.50. The number of hydrogen-bond acceptors (Lipinski definition) is 5. The molecule has 0 aromatic carbocycles. The number of anilines is 2. The fourth-order valence-electron chi connectivity index (χ4n) is 2.40. The molecular weight excluding hydrogens is 238 g/mol. The zero-order chi connectivity index (χ0) is 13.5. The van der Waals surface area contributed by atoms with E-state index < -0.39 is 0 Å². The van der Waals surface area contributed by atoms with Crippen molar-refractivity contribution in [2.24, 2.45) is 0 Å². The fourth-order valence-corrected chi connectivity index (χ4v) is 2.40. The first-order valence-corrected chi connectivity index (χ1v) is 7.33. The minimum absolute atomic E-state index is 0.857. The Morgan fingerprint density at radius 1 is 1.16 bits per heavy atom. The van der Waals surface area contributed by atoms with Gasteiger partial charge in [0.05, 0.1) is 0 Å². The average molecular weight is 263 g/mol. The van der Waals surface area contributed by atoms with Crippen LogP contribution in [0.2, 0.25) is 0 Å². The van der Waals surface area contributed by atoms with Crippen molar-refractivity contribution in [1.29, 1.82) is 0 Å². The third-order valence-corrected chi connectivity index (χ3v) is 3.53. The molecule has 1 aliphatic heterocycles. The Balaban J connectivity index is 1.84. The first kappa shape index (κ1) is 14.1. The van der Waals surface area contributed by atoms with E-state index in [1.807, 2.05) is 13.1 Å². The SMILES string of the molecule is CCc1nc(NC)cc(NCCN2CCCCC2)n1. The van der Waals surface area contributed by atoms with Crippen LogP contribution in [0, 0.1) is 0 Å². The third-order valence-electron chi connectivity index (χ3n) is 3.53. The van der Waals surface area contributed by atoms with Gasteiger partial charge in [0.2, 0.25) is 0 Å². The van der Waals surface area contributed by atoms with Crippen molar-refractivity contribution in [3.8, 4) is 0 Å². The zero-order valence-electron chi connectivity index (χ0n) is 12.1. The molecule has 5 nitrogen and oxygen atoms in total. The standard InChI is InChI=1S/C14H25N5/c1-3-12-17-13(15-2)11-14(18-12)16-7-10-19-8-5-4-6-9-19/h11H,3-10H2,1-2H3,(H2,15,16,17,18). The second-order valence-corrected chi connectivity index (χ2v) is 4.99. The molecule has 0 bridgehead atoms. The highest BCUT2D eigenvalue weighted by Crippen LogP contribution is 2.12. The van der Waals surface area contributed by atoms with Gasteiger partial charge >= 0.3 is 0 Å². The molecule has 0 saturated carbocycles. The van der Waals surface area contributed by atoms with Crippen molar-refractivity contribution in [3.63, 3.8) is 0 Å². The van der Waals surface area contributed by atoms with Gasteiger partial charge in [-0.2, -0.15) is 0 Å². The van der Waals surface area contributed by atoms with Crippen molar-refractivity contribution in [1.82, 2.24) is 14.9 Å². The Hall–Kier alpha value is -1.36. The third kappa shape index (κ3) is 4.35. The van der Waals surface area contributed by atoms with Gasteiger partial charge in [-0.1, -0.05) is 13.3 Å². The summed E-state index contributed by atoms with van der Waals surface area (Å²) in [4.78, 5) is 11.4. The summed E-state index contributed by atoms with van der Waals surface area (Å²) in [5.74, 6) is 2.69. The van der Waals surface area contributed by atoms with Crippen LogP contribution in [0.25, 0.3) is 0 Å². The number of nitrogens with zero attached hydrogens (tertiary/aromatic N) is 3. The summed E-state index contributed by atoms with van der Waals surface area (Å²) in [5, 5.41) is 6.49. The first-order valence-electron chi connectivity index (χ1n) is 7.33. The van der Waals surface area contributed by atoms with E-state index in [4.69, 9.17) is 0 Å². The lowest BCUT2D eigenvalue weighted by Crippen LogP contribution is -2.33. The van der Waals surface area contributed by atoms with E-state index in [0.29, 0.717) is 0 Å². The number of rotatable bonds is 6. The number of piperidine rings is 1. The summed E-state index contributed by atoms with van der Waals surface area (Å²) in [7, 11) is 1.89. The topological polar surface area (TPSA) is 53.1 Å². The Kier molecular flexibility index (Phi) is 5.39. The van der Waals surface area contributed by atoms with Gasteiger partial charge in [0.15, 0.2) is 0 Å². The fraction of sp³-hybridized carbons (Fsp3) is 0.714. The molecule has 2 N–H and O–H groups in total. The largest absolute Gasteiger partial charge is 0.373 e. The summed E-state index contributed by atoms with van der Waals surface area (Å²) in [5.41, 5.74) is 0. The lowest BCUT2D eigenvalue weighted by Gasteiger charge is -2.26. The molecule has 1 aliphatic rings. The van der Waals surface area contributed by atoms with Gasteiger partial charge in [0.1, 0.15) is 17.5 Å². The van der Waals surface area contributed by atoms with Crippen LogP contribution in [0.5, 0.6) is 0 Å². The predicted octanol–water partition coefficient (Wildman–Crippen LogP) is 1.98. The second-order valence-electron chi connectivity index (χ2n) is 4.99. The number of likely N-dealkylation sites (tertiary alicyclic amines) is 1. The highest BCUT2D eigenvalue weighted by atomic mass is 15.2. The number of hydrogen-bond donors (Lipinski definition) is 2. The van der Waals surface area contributed by atoms with Crippen molar-refractivity contribution < 1.29 is 0 Å². The number of aryl methyl sites for hydroxylation is 1. The second kappa shape index (κ2) is 7.28. The van der Waals surface area contributed by atoms with Crippen LogP contribution in [0.1, 0.15) is 32.0 Å². The van der Waals surface area contributed by atoms with Gasteiger partial charge in [-0.15, -0.1) is 0 Å². The Morgan fingerprint density at radius 2 is 1.89 bits per heavy atom. The lowest BCUT2D eigenvalue weighted by atomic mass is 10.1. The molecule has 1 aromatic heterocycles. The summed E-state index contributed by atoms with van der Waals surface area (Å²) in [6.07, 6.45) is 4.94.